The number of carbonyl (C=O) groups is 3. The Morgan fingerprint density at radius 2 is 1.65 bits per heavy atom. The van der Waals surface area contributed by atoms with Gasteiger partial charge in [0.1, 0.15) is 11.8 Å². The molecular weight excluding hydrogens is 430 g/mol. The number of nitrogens with zero attached hydrogens (tertiary/aromatic N) is 1. The Balaban J connectivity index is 1.37. The number of likely N-dealkylation sites (tertiary alicyclic amines) is 1. The summed E-state index contributed by atoms with van der Waals surface area (Å²) in [5.41, 5.74) is 1.44. The monoisotopic (exact) mass is 463 g/mol. The highest BCUT2D eigenvalue weighted by Crippen LogP contribution is 2.41. The molecule has 1 saturated heterocycles. The van der Waals surface area contributed by atoms with Crippen LogP contribution in [0.4, 0.5) is 0 Å². The minimum atomic E-state index is -0.509. The lowest BCUT2D eigenvalue weighted by Gasteiger charge is -2.34. The molecule has 0 aromatic heterocycles. The van der Waals surface area contributed by atoms with Crippen LogP contribution in [0.5, 0.6) is 5.75 Å². The quantitative estimate of drug-likeness (QED) is 0.590. The van der Waals surface area contributed by atoms with Gasteiger partial charge in [0, 0.05) is 19.1 Å². The molecule has 3 amide bonds. The zero-order valence-electron chi connectivity index (χ0n) is 19.7. The molecule has 1 heterocycles. The molecule has 2 N–H and O–H groups in total. The van der Waals surface area contributed by atoms with Crippen molar-refractivity contribution in [2.75, 3.05) is 20.2 Å². The molecule has 3 unspecified atom stereocenters. The third kappa shape index (κ3) is 5.41. The summed E-state index contributed by atoms with van der Waals surface area (Å²) in [4.78, 5) is 40.7. The van der Waals surface area contributed by atoms with E-state index >= 15 is 0 Å². The van der Waals surface area contributed by atoms with Gasteiger partial charge in [0.25, 0.3) is 5.91 Å². The topological polar surface area (TPSA) is 87.7 Å². The molecule has 180 valence electrons. The lowest BCUT2D eigenvalue weighted by molar-refractivity contribution is -0.125. The number of ether oxygens (including phenoxy) is 1. The van der Waals surface area contributed by atoms with Gasteiger partial charge in [0.15, 0.2) is 0 Å². The number of benzene rings is 2. The molecule has 7 heteroatoms. The van der Waals surface area contributed by atoms with E-state index in [-0.39, 0.29) is 23.8 Å². The summed E-state index contributed by atoms with van der Waals surface area (Å²) in [6.45, 7) is 0.666. The van der Waals surface area contributed by atoms with E-state index in [1.165, 1.54) is 0 Å². The molecular formula is C27H33N3O4. The van der Waals surface area contributed by atoms with Gasteiger partial charge in [0.05, 0.1) is 19.1 Å². The lowest BCUT2D eigenvalue weighted by Crippen LogP contribution is -2.50. The Morgan fingerprint density at radius 1 is 0.941 bits per heavy atom. The predicted octanol–water partition coefficient (Wildman–Crippen LogP) is 2.94. The Bertz CT molecular complexity index is 1010. The van der Waals surface area contributed by atoms with Crippen LogP contribution in [-0.4, -0.2) is 54.9 Å². The maximum atomic E-state index is 13.6. The summed E-state index contributed by atoms with van der Waals surface area (Å²) in [5, 5.41) is 5.79. The number of para-hydroxylation sites is 1. The molecule has 0 spiro atoms. The van der Waals surface area contributed by atoms with Gasteiger partial charge in [0.2, 0.25) is 11.8 Å². The Labute approximate surface area is 200 Å². The predicted molar refractivity (Wildman–Crippen MR) is 129 cm³/mol. The fourth-order valence-corrected chi connectivity index (χ4v) is 5.30. The number of hydrogen-bond donors (Lipinski definition) is 2. The second-order valence-electron chi connectivity index (χ2n) is 9.08. The van der Waals surface area contributed by atoms with Gasteiger partial charge >= 0.3 is 0 Å². The van der Waals surface area contributed by atoms with E-state index < -0.39 is 6.04 Å². The second kappa shape index (κ2) is 11.2. The number of nitrogens with one attached hydrogen (secondary N) is 2. The Kier molecular flexibility index (Phi) is 7.83. The molecule has 2 aliphatic rings. The Hall–Kier alpha value is -3.35. The van der Waals surface area contributed by atoms with Crippen LogP contribution in [0.15, 0.2) is 54.6 Å². The van der Waals surface area contributed by atoms with Crippen molar-refractivity contribution in [3.63, 3.8) is 0 Å². The lowest BCUT2D eigenvalue weighted by atomic mass is 9.84. The summed E-state index contributed by atoms with van der Waals surface area (Å²) >= 11 is 0. The van der Waals surface area contributed by atoms with Gasteiger partial charge in [-0.25, -0.2) is 0 Å². The van der Waals surface area contributed by atoms with E-state index in [9.17, 15) is 14.4 Å². The smallest absolute Gasteiger partial charge is 0.258 e. The molecule has 3 atom stereocenters. The molecule has 0 bridgehead atoms. The van der Waals surface area contributed by atoms with Crippen LogP contribution in [-0.2, 0) is 16.0 Å². The van der Waals surface area contributed by atoms with E-state index in [1.54, 1.807) is 24.1 Å². The molecule has 4 rings (SSSR count). The van der Waals surface area contributed by atoms with Crippen LogP contribution < -0.4 is 15.4 Å². The van der Waals surface area contributed by atoms with Gasteiger partial charge < -0.3 is 20.3 Å². The van der Waals surface area contributed by atoms with E-state index in [4.69, 9.17) is 4.74 Å². The van der Waals surface area contributed by atoms with Gasteiger partial charge in [-0.15, -0.1) is 0 Å². The van der Waals surface area contributed by atoms with Crippen molar-refractivity contribution in [3.8, 4) is 5.75 Å². The van der Waals surface area contributed by atoms with Crippen molar-refractivity contribution >= 4 is 17.7 Å². The van der Waals surface area contributed by atoms with Crippen molar-refractivity contribution in [3.05, 3.63) is 65.7 Å². The van der Waals surface area contributed by atoms with Crippen molar-refractivity contribution in [2.24, 2.45) is 5.92 Å². The average molecular weight is 464 g/mol. The molecule has 1 aliphatic carbocycles. The molecule has 1 saturated carbocycles. The molecule has 2 fully saturated rings. The van der Waals surface area contributed by atoms with E-state index in [2.05, 4.69) is 10.6 Å². The molecule has 34 heavy (non-hydrogen) atoms. The van der Waals surface area contributed by atoms with Crippen LogP contribution in [0.3, 0.4) is 0 Å². The highest BCUT2D eigenvalue weighted by atomic mass is 16.5. The normalized spacial score (nSPS) is 21.4. The molecule has 0 radical (unpaired) electrons. The zero-order valence-corrected chi connectivity index (χ0v) is 19.7. The Morgan fingerprint density at radius 3 is 2.44 bits per heavy atom. The van der Waals surface area contributed by atoms with E-state index in [1.807, 2.05) is 42.5 Å². The SMILES string of the molecule is COc1ccccc1C(=O)N1C(C(=O)NCCNC(=O)Cc2ccccc2)CC2CCCCC21. The van der Waals surface area contributed by atoms with Gasteiger partial charge in [-0.1, -0.05) is 55.3 Å². The molecule has 1 aliphatic heterocycles. The summed E-state index contributed by atoms with van der Waals surface area (Å²) in [5.74, 6) is 0.471. The minimum absolute atomic E-state index is 0.0764. The summed E-state index contributed by atoms with van der Waals surface area (Å²) in [7, 11) is 1.55. The van der Waals surface area contributed by atoms with Crippen LogP contribution in [0.1, 0.15) is 48.0 Å². The number of amides is 3. The standard InChI is InChI=1S/C27H33N3O4/c1-34-24-14-8-6-12-21(24)27(33)30-22-13-7-5-11-20(22)18-23(30)26(32)29-16-15-28-25(31)17-19-9-3-2-4-10-19/h2-4,6,8-10,12,14,20,22-23H,5,7,11,13,15-18H2,1H3,(H,28,31)(H,29,32). The molecule has 7 nitrogen and oxygen atoms in total. The first kappa shape index (κ1) is 23.8. The summed E-state index contributed by atoms with van der Waals surface area (Å²) < 4.78 is 5.41. The number of methoxy groups -OCH3 is 1. The average Bonchev–Trinajstić information content (AvgIpc) is 3.26. The minimum Gasteiger partial charge on any atom is -0.496 e. The first-order chi connectivity index (χ1) is 16.6. The van der Waals surface area contributed by atoms with Crippen LogP contribution in [0.25, 0.3) is 0 Å². The van der Waals surface area contributed by atoms with Crippen LogP contribution >= 0.6 is 0 Å². The maximum Gasteiger partial charge on any atom is 0.258 e. The second-order valence-corrected chi connectivity index (χ2v) is 9.08. The zero-order chi connectivity index (χ0) is 23.9. The molecule has 2 aromatic carbocycles. The highest BCUT2D eigenvalue weighted by Gasteiger charge is 2.47. The van der Waals surface area contributed by atoms with Crippen molar-refractivity contribution < 1.29 is 19.1 Å². The molecule has 2 aromatic rings. The number of hydrogen-bond acceptors (Lipinski definition) is 4. The number of rotatable bonds is 8. The first-order valence-corrected chi connectivity index (χ1v) is 12.1. The van der Waals surface area contributed by atoms with Crippen LogP contribution in [0, 0.1) is 5.92 Å². The summed E-state index contributed by atoms with van der Waals surface area (Å²) in [6, 6.07) is 16.3. The largest absolute Gasteiger partial charge is 0.496 e. The number of carbonyl (C=O) groups excluding carboxylic acids is 3. The van der Waals surface area contributed by atoms with Crippen LogP contribution in [0.2, 0.25) is 0 Å². The van der Waals surface area contributed by atoms with Crippen molar-refractivity contribution in [1.82, 2.24) is 15.5 Å². The van der Waals surface area contributed by atoms with Crippen molar-refractivity contribution in [1.29, 1.82) is 0 Å². The van der Waals surface area contributed by atoms with Gasteiger partial charge in [-0.05, 0) is 42.9 Å². The maximum absolute atomic E-state index is 13.6. The van der Waals surface area contributed by atoms with Gasteiger partial charge in [-0.3, -0.25) is 14.4 Å². The van der Waals surface area contributed by atoms with E-state index in [0.29, 0.717) is 43.2 Å². The third-order valence-corrected chi connectivity index (χ3v) is 6.92. The third-order valence-electron chi connectivity index (χ3n) is 6.92. The first-order valence-electron chi connectivity index (χ1n) is 12.1. The number of fused-ring (bicyclic) bond motifs is 1. The van der Waals surface area contributed by atoms with Crippen molar-refractivity contribution in [2.45, 2.75) is 50.6 Å². The fraction of sp³-hybridized carbons (Fsp3) is 0.444. The van der Waals surface area contributed by atoms with E-state index in [0.717, 1.165) is 31.2 Å². The highest BCUT2D eigenvalue weighted by molar-refractivity contribution is 6.00. The van der Waals surface area contributed by atoms with Gasteiger partial charge in [-0.2, -0.15) is 0 Å². The fourth-order valence-electron chi connectivity index (χ4n) is 5.30. The summed E-state index contributed by atoms with van der Waals surface area (Å²) in [6.07, 6.45) is 5.16.